The van der Waals surface area contributed by atoms with Crippen molar-refractivity contribution in [2.45, 2.75) is 19.4 Å². The smallest absolute Gasteiger partial charge is 0.251 e. The number of nitrogens with one attached hydrogen (secondary N) is 1. The van der Waals surface area contributed by atoms with Crippen LogP contribution in [0.25, 0.3) is 22.6 Å². The number of aromatic amines is 1. The Bertz CT molecular complexity index is 995. The third-order valence-electron chi connectivity index (χ3n) is 5.42. The maximum atomic E-state index is 12.2. The lowest BCUT2D eigenvalue weighted by molar-refractivity contribution is 0.0968. The highest BCUT2D eigenvalue weighted by molar-refractivity contribution is 5.63. The highest BCUT2D eigenvalue weighted by atomic mass is 16.5. The second-order valence-corrected chi connectivity index (χ2v) is 7.60. The highest BCUT2D eigenvalue weighted by Gasteiger charge is 2.19. The van der Waals surface area contributed by atoms with Crippen molar-refractivity contribution in [3.8, 4) is 22.6 Å². The first-order chi connectivity index (χ1) is 14.2. The molecule has 0 bridgehead atoms. The van der Waals surface area contributed by atoms with Crippen LogP contribution in [0.3, 0.4) is 0 Å². The minimum atomic E-state index is -0.167. The number of nitrogens with zero attached hydrogens (tertiary/aromatic N) is 3. The average molecular weight is 390 g/mol. The van der Waals surface area contributed by atoms with Gasteiger partial charge >= 0.3 is 0 Å². The van der Waals surface area contributed by atoms with E-state index >= 15 is 0 Å². The van der Waals surface area contributed by atoms with E-state index < -0.39 is 0 Å². The molecule has 3 heterocycles. The number of ether oxygens (including phenoxy) is 1. The van der Waals surface area contributed by atoms with E-state index in [0.717, 1.165) is 37.4 Å². The molecule has 2 aromatic heterocycles. The fraction of sp³-hybridized carbons (Fsp3) is 0.348. The molecule has 0 saturated carbocycles. The van der Waals surface area contributed by atoms with E-state index in [2.05, 4.69) is 32.0 Å². The molecule has 0 aliphatic carbocycles. The topological polar surface area (TPSA) is 71.1 Å². The van der Waals surface area contributed by atoms with Crippen molar-refractivity contribution in [3.63, 3.8) is 0 Å². The van der Waals surface area contributed by atoms with Gasteiger partial charge in [-0.3, -0.25) is 14.7 Å². The number of benzene rings is 1. The van der Waals surface area contributed by atoms with Crippen LogP contribution in [-0.4, -0.2) is 46.7 Å². The Balaban J connectivity index is 1.52. The second kappa shape index (κ2) is 9.11. The quantitative estimate of drug-likeness (QED) is 0.699. The standard InChI is InChI=1S/C23H26N4O2/c1-29-16-17-7-10-27(11-8-17)15-18-4-2-5-19(12-18)23-25-21(13-22(28)26-23)20-6-3-9-24-14-20/h2-6,9,12-14,17H,7-8,10-11,15-16H2,1H3,(H,25,26,28). The molecule has 0 amide bonds. The molecule has 1 aliphatic heterocycles. The van der Waals surface area contributed by atoms with Gasteiger partial charge in [-0.1, -0.05) is 18.2 Å². The summed E-state index contributed by atoms with van der Waals surface area (Å²) in [6.07, 6.45) is 5.78. The van der Waals surface area contributed by atoms with Crippen LogP contribution >= 0.6 is 0 Å². The minimum absolute atomic E-state index is 0.167. The average Bonchev–Trinajstić information content (AvgIpc) is 2.76. The molecule has 4 rings (SSSR count). The Hall–Kier alpha value is -2.83. The van der Waals surface area contributed by atoms with E-state index in [1.807, 2.05) is 24.3 Å². The number of rotatable bonds is 6. The van der Waals surface area contributed by atoms with Gasteiger partial charge in [0.1, 0.15) is 5.82 Å². The fourth-order valence-electron chi connectivity index (χ4n) is 3.88. The molecule has 6 nitrogen and oxygen atoms in total. The van der Waals surface area contributed by atoms with Crippen LogP contribution in [0.4, 0.5) is 0 Å². The summed E-state index contributed by atoms with van der Waals surface area (Å²) < 4.78 is 5.29. The first-order valence-electron chi connectivity index (χ1n) is 10.0. The van der Waals surface area contributed by atoms with Gasteiger partial charge < -0.3 is 9.72 Å². The summed E-state index contributed by atoms with van der Waals surface area (Å²) in [4.78, 5) is 26.4. The van der Waals surface area contributed by atoms with Crippen molar-refractivity contribution in [3.05, 3.63) is 70.8 Å². The molecule has 150 valence electrons. The van der Waals surface area contributed by atoms with Crippen molar-refractivity contribution in [2.75, 3.05) is 26.8 Å². The zero-order valence-electron chi connectivity index (χ0n) is 16.7. The number of hydrogen-bond donors (Lipinski definition) is 1. The maximum absolute atomic E-state index is 12.2. The Labute approximate surface area is 170 Å². The third kappa shape index (κ3) is 4.96. The van der Waals surface area contributed by atoms with E-state index in [-0.39, 0.29) is 5.56 Å². The molecule has 0 radical (unpaired) electrons. The van der Waals surface area contributed by atoms with Crippen molar-refractivity contribution in [1.82, 2.24) is 19.9 Å². The van der Waals surface area contributed by atoms with Crippen LogP contribution in [0.15, 0.2) is 59.7 Å². The lowest BCUT2D eigenvalue weighted by Gasteiger charge is -2.31. The van der Waals surface area contributed by atoms with E-state index in [1.54, 1.807) is 19.5 Å². The van der Waals surface area contributed by atoms with E-state index in [1.165, 1.54) is 24.5 Å². The summed E-state index contributed by atoms with van der Waals surface area (Å²) in [6.45, 7) is 3.93. The Morgan fingerprint density at radius 3 is 2.72 bits per heavy atom. The zero-order valence-corrected chi connectivity index (χ0v) is 16.7. The minimum Gasteiger partial charge on any atom is -0.384 e. The molecule has 0 unspecified atom stereocenters. The van der Waals surface area contributed by atoms with E-state index in [9.17, 15) is 4.79 Å². The first kappa shape index (κ1) is 19.5. The number of methoxy groups -OCH3 is 1. The summed E-state index contributed by atoms with van der Waals surface area (Å²) in [5.41, 5.74) is 3.43. The van der Waals surface area contributed by atoms with Gasteiger partial charge in [0.25, 0.3) is 5.56 Å². The molecule has 1 saturated heterocycles. The van der Waals surface area contributed by atoms with Gasteiger partial charge in [0.2, 0.25) is 0 Å². The van der Waals surface area contributed by atoms with Gasteiger partial charge in [0, 0.05) is 49.8 Å². The maximum Gasteiger partial charge on any atom is 0.251 e. The number of hydrogen-bond acceptors (Lipinski definition) is 5. The summed E-state index contributed by atoms with van der Waals surface area (Å²) >= 11 is 0. The van der Waals surface area contributed by atoms with Gasteiger partial charge in [-0.05, 0) is 55.6 Å². The summed E-state index contributed by atoms with van der Waals surface area (Å²) in [5.74, 6) is 1.25. The molecule has 29 heavy (non-hydrogen) atoms. The molecule has 0 atom stereocenters. The van der Waals surface area contributed by atoms with Crippen LogP contribution in [0.5, 0.6) is 0 Å². The van der Waals surface area contributed by atoms with Crippen molar-refractivity contribution in [1.29, 1.82) is 0 Å². The van der Waals surface area contributed by atoms with Gasteiger partial charge in [0.05, 0.1) is 5.69 Å². The van der Waals surface area contributed by atoms with Crippen LogP contribution in [-0.2, 0) is 11.3 Å². The van der Waals surface area contributed by atoms with Gasteiger partial charge in [-0.2, -0.15) is 0 Å². The molecule has 1 fully saturated rings. The number of H-pyrrole nitrogens is 1. The normalized spacial score (nSPS) is 15.5. The van der Waals surface area contributed by atoms with Gasteiger partial charge in [-0.25, -0.2) is 4.98 Å². The van der Waals surface area contributed by atoms with E-state index in [4.69, 9.17) is 4.74 Å². The zero-order chi connectivity index (χ0) is 20.1. The summed E-state index contributed by atoms with van der Waals surface area (Å²) in [6, 6.07) is 13.5. The molecular weight excluding hydrogens is 364 g/mol. The number of aromatic nitrogens is 3. The molecule has 0 spiro atoms. The second-order valence-electron chi connectivity index (χ2n) is 7.60. The number of pyridine rings is 1. The lowest BCUT2D eigenvalue weighted by atomic mass is 9.97. The van der Waals surface area contributed by atoms with Crippen LogP contribution in [0.1, 0.15) is 18.4 Å². The van der Waals surface area contributed by atoms with Crippen molar-refractivity contribution < 1.29 is 4.74 Å². The molecule has 6 heteroatoms. The van der Waals surface area contributed by atoms with Crippen molar-refractivity contribution in [2.24, 2.45) is 5.92 Å². The third-order valence-corrected chi connectivity index (χ3v) is 5.42. The van der Waals surface area contributed by atoms with Crippen LogP contribution < -0.4 is 5.56 Å². The lowest BCUT2D eigenvalue weighted by Crippen LogP contribution is -2.34. The van der Waals surface area contributed by atoms with Crippen LogP contribution in [0, 0.1) is 5.92 Å². The molecule has 3 aromatic rings. The largest absolute Gasteiger partial charge is 0.384 e. The summed E-state index contributed by atoms with van der Waals surface area (Å²) in [5, 5.41) is 0. The molecule has 1 N–H and O–H groups in total. The van der Waals surface area contributed by atoms with E-state index in [0.29, 0.717) is 17.4 Å². The fourth-order valence-corrected chi connectivity index (χ4v) is 3.88. The Morgan fingerprint density at radius 1 is 1.14 bits per heavy atom. The first-order valence-corrected chi connectivity index (χ1v) is 10.0. The van der Waals surface area contributed by atoms with Crippen molar-refractivity contribution >= 4 is 0 Å². The molecule has 1 aromatic carbocycles. The molecule has 1 aliphatic rings. The Kier molecular flexibility index (Phi) is 6.12. The molecular formula is C23H26N4O2. The summed E-state index contributed by atoms with van der Waals surface area (Å²) in [7, 11) is 1.78. The predicted molar refractivity (Wildman–Crippen MR) is 113 cm³/mol. The van der Waals surface area contributed by atoms with Gasteiger partial charge in [0.15, 0.2) is 0 Å². The monoisotopic (exact) mass is 390 g/mol. The SMILES string of the molecule is COCC1CCN(Cc2cccc(-c3nc(-c4cccnc4)cc(=O)[nH]3)c2)CC1. The van der Waals surface area contributed by atoms with Crippen LogP contribution in [0.2, 0.25) is 0 Å². The highest BCUT2D eigenvalue weighted by Crippen LogP contribution is 2.22. The number of piperidine rings is 1. The Morgan fingerprint density at radius 2 is 1.97 bits per heavy atom. The van der Waals surface area contributed by atoms with Gasteiger partial charge in [-0.15, -0.1) is 0 Å². The number of likely N-dealkylation sites (tertiary alicyclic amines) is 1. The predicted octanol–water partition coefficient (Wildman–Crippen LogP) is 3.36.